The Kier molecular flexibility index (Phi) is 4.47. The Labute approximate surface area is 143 Å². The number of hydrogen-bond donors (Lipinski definition) is 1. The van der Waals surface area contributed by atoms with E-state index < -0.39 is 0 Å². The molecule has 0 radical (unpaired) electrons. The molecule has 1 N–H and O–H groups in total. The van der Waals surface area contributed by atoms with Crippen molar-refractivity contribution in [2.24, 2.45) is 0 Å². The summed E-state index contributed by atoms with van der Waals surface area (Å²) in [6.07, 6.45) is 0.855. The number of nitrogens with zero attached hydrogens (tertiary/aromatic N) is 1. The first-order valence-electron chi connectivity index (χ1n) is 8.30. The number of ether oxygens (including phenoxy) is 1. The Morgan fingerprint density at radius 3 is 2.54 bits per heavy atom. The molecule has 0 saturated heterocycles. The first-order valence-corrected chi connectivity index (χ1v) is 8.30. The predicted molar refractivity (Wildman–Crippen MR) is 97.8 cm³/mol. The van der Waals surface area contributed by atoms with Gasteiger partial charge in [0, 0.05) is 29.9 Å². The van der Waals surface area contributed by atoms with Crippen molar-refractivity contribution in [3.8, 4) is 5.75 Å². The van der Waals surface area contributed by atoms with Gasteiger partial charge < -0.3 is 15.0 Å². The number of anilines is 2. The molecular formula is C20H24N2O2. The van der Waals surface area contributed by atoms with Gasteiger partial charge in [-0.05, 0) is 50.6 Å². The van der Waals surface area contributed by atoms with Crippen molar-refractivity contribution in [3.63, 3.8) is 0 Å². The lowest BCUT2D eigenvalue weighted by atomic mass is 9.91. The van der Waals surface area contributed by atoms with Crippen LogP contribution < -0.4 is 15.0 Å². The Balaban J connectivity index is 1.99. The number of nitrogens with one attached hydrogen (secondary N) is 1. The van der Waals surface area contributed by atoms with Crippen LogP contribution >= 0.6 is 0 Å². The first-order chi connectivity index (χ1) is 11.5. The van der Waals surface area contributed by atoms with Gasteiger partial charge in [0.2, 0.25) is 5.91 Å². The Morgan fingerprint density at radius 1 is 1.21 bits per heavy atom. The van der Waals surface area contributed by atoms with Crippen molar-refractivity contribution in [2.45, 2.75) is 39.3 Å². The monoisotopic (exact) mass is 324 g/mol. The maximum Gasteiger partial charge on any atom is 0.224 e. The van der Waals surface area contributed by atoms with E-state index >= 15 is 0 Å². The van der Waals surface area contributed by atoms with E-state index in [0.717, 1.165) is 29.1 Å². The second-order valence-electron chi connectivity index (χ2n) is 6.46. The van der Waals surface area contributed by atoms with Crippen molar-refractivity contribution >= 4 is 17.3 Å². The van der Waals surface area contributed by atoms with Crippen LogP contribution in [0.1, 0.15) is 37.4 Å². The standard InChI is InChI=1S/C20H24N2O2/c1-13-5-7-16(8-6-13)21-19-11-14(2)22(15(3)23)20-10-9-17(24-4)12-18(19)20/h5-10,12,14,19,21H,11H2,1-4H3. The van der Waals surface area contributed by atoms with Crippen LogP contribution in [0.2, 0.25) is 0 Å². The Bertz CT molecular complexity index is 740. The second-order valence-corrected chi connectivity index (χ2v) is 6.46. The maximum atomic E-state index is 12.1. The average molecular weight is 324 g/mol. The molecule has 1 amide bonds. The zero-order chi connectivity index (χ0) is 17.3. The summed E-state index contributed by atoms with van der Waals surface area (Å²) >= 11 is 0. The number of benzene rings is 2. The molecule has 0 bridgehead atoms. The SMILES string of the molecule is COc1ccc2c(c1)C(Nc1ccc(C)cc1)CC(C)N2C(C)=O. The first kappa shape index (κ1) is 16.4. The van der Waals surface area contributed by atoms with Gasteiger partial charge >= 0.3 is 0 Å². The normalized spacial score (nSPS) is 19.6. The van der Waals surface area contributed by atoms with Crippen LogP contribution in [0.15, 0.2) is 42.5 Å². The predicted octanol–water partition coefficient (Wildman–Crippen LogP) is 4.30. The molecule has 2 atom stereocenters. The molecule has 0 fully saturated rings. The van der Waals surface area contributed by atoms with Crippen molar-refractivity contribution in [1.82, 2.24) is 0 Å². The summed E-state index contributed by atoms with van der Waals surface area (Å²) in [4.78, 5) is 14.0. The molecule has 4 nitrogen and oxygen atoms in total. The smallest absolute Gasteiger partial charge is 0.224 e. The number of amides is 1. The molecule has 0 saturated carbocycles. The van der Waals surface area contributed by atoms with Gasteiger partial charge in [0.1, 0.15) is 5.75 Å². The average Bonchev–Trinajstić information content (AvgIpc) is 2.56. The number of carbonyl (C=O) groups is 1. The number of methoxy groups -OCH3 is 1. The third kappa shape index (κ3) is 3.09. The highest BCUT2D eigenvalue weighted by Gasteiger charge is 2.32. The number of aryl methyl sites for hydroxylation is 1. The van der Waals surface area contributed by atoms with Crippen molar-refractivity contribution < 1.29 is 9.53 Å². The minimum absolute atomic E-state index is 0.0719. The van der Waals surface area contributed by atoms with Crippen LogP contribution in [-0.2, 0) is 4.79 Å². The van der Waals surface area contributed by atoms with E-state index in [2.05, 4.69) is 43.4 Å². The number of rotatable bonds is 3. The minimum atomic E-state index is 0.0719. The van der Waals surface area contributed by atoms with Gasteiger partial charge in [0.05, 0.1) is 13.2 Å². The summed E-state index contributed by atoms with van der Waals surface area (Å²) in [7, 11) is 1.67. The lowest BCUT2D eigenvalue weighted by molar-refractivity contribution is -0.117. The molecule has 2 aromatic rings. The fourth-order valence-electron chi connectivity index (χ4n) is 3.44. The molecule has 2 aromatic carbocycles. The van der Waals surface area contributed by atoms with E-state index in [4.69, 9.17) is 4.74 Å². The van der Waals surface area contributed by atoms with Gasteiger partial charge in [0.15, 0.2) is 0 Å². The summed E-state index contributed by atoms with van der Waals surface area (Å²) in [5, 5.41) is 3.61. The fraction of sp³-hybridized carbons (Fsp3) is 0.350. The van der Waals surface area contributed by atoms with Gasteiger partial charge in [0.25, 0.3) is 0 Å². The van der Waals surface area contributed by atoms with Gasteiger partial charge in [-0.2, -0.15) is 0 Å². The van der Waals surface area contributed by atoms with E-state index in [9.17, 15) is 4.79 Å². The summed E-state index contributed by atoms with van der Waals surface area (Å²) in [5.41, 5.74) is 4.39. The summed E-state index contributed by atoms with van der Waals surface area (Å²) in [6.45, 7) is 5.80. The molecule has 1 heterocycles. The molecule has 126 valence electrons. The molecule has 0 spiro atoms. The van der Waals surface area contributed by atoms with E-state index in [-0.39, 0.29) is 18.0 Å². The lowest BCUT2D eigenvalue weighted by Gasteiger charge is -2.39. The second kappa shape index (κ2) is 6.56. The fourth-order valence-corrected chi connectivity index (χ4v) is 3.44. The third-order valence-corrected chi connectivity index (χ3v) is 4.62. The van der Waals surface area contributed by atoms with E-state index in [0.29, 0.717) is 0 Å². The van der Waals surface area contributed by atoms with Crippen molar-refractivity contribution in [3.05, 3.63) is 53.6 Å². The highest BCUT2D eigenvalue weighted by molar-refractivity contribution is 5.94. The molecule has 4 heteroatoms. The molecule has 1 aliphatic rings. The van der Waals surface area contributed by atoms with Gasteiger partial charge in [-0.3, -0.25) is 4.79 Å². The van der Waals surface area contributed by atoms with Gasteiger partial charge in [-0.1, -0.05) is 17.7 Å². The van der Waals surface area contributed by atoms with Crippen LogP contribution in [0.3, 0.4) is 0 Å². The highest BCUT2D eigenvalue weighted by atomic mass is 16.5. The number of fused-ring (bicyclic) bond motifs is 1. The van der Waals surface area contributed by atoms with Crippen molar-refractivity contribution in [2.75, 3.05) is 17.3 Å². The molecule has 3 rings (SSSR count). The molecule has 0 aromatic heterocycles. The molecule has 2 unspecified atom stereocenters. The number of carbonyl (C=O) groups excluding carboxylic acids is 1. The number of hydrogen-bond acceptors (Lipinski definition) is 3. The lowest BCUT2D eigenvalue weighted by Crippen LogP contribution is -2.43. The van der Waals surface area contributed by atoms with Crippen LogP contribution in [-0.4, -0.2) is 19.1 Å². The Morgan fingerprint density at radius 2 is 1.92 bits per heavy atom. The van der Waals surface area contributed by atoms with Crippen LogP contribution in [0.25, 0.3) is 0 Å². The largest absolute Gasteiger partial charge is 0.497 e. The van der Waals surface area contributed by atoms with Crippen LogP contribution in [0.4, 0.5) is 11.4 Å². The third-order valence-electron chi connectivity index (χ3n) is 4.62. The maximum absolute atomic E-state index is 12.1. The zero-order valence-electron chi connectivity index (χ0n) is 14.7. The van der Waals surface area contributed by atoms with E-state index in [1.165, 1.54) is 5.56 Å². The summed E-state index contributed by atoms with van der Waals surface area (Å²) in [5.74, 6) is 0.880. The van der Waals surface area contributed by atoms with Gasteiger partial charge in [-0.15, -0.1) is 0 Å². The molecule has 0 aliphatic carbocycles. The molecule has 1 aliphatic heterocycles. The van der Waals surface area contributed by atoms with E-state index in [1.807, 2.05) is 23.1 Å². The molecule has 24 heavy (non-hydrogen) atoms. The minimum Gasteiger partial charge on any atom is -0.497 e. The molecular weight excluding hydrogens is 300 g/mol. The van der Waals surface area contributed by atoms with Gasteiger partial charge in [-0.25, -0.2) is 0 Å². The van der Waals surface area contributed by atoms with E-state index in [1.54, 1.807) is 14.0 Å². The summed E-state index contributed by atoms with van der Waals surface area (Å²) in [6, 6.07) is 14.6. The van der Waals surface area contributed by atoms with Crippen LogP contribution in [0, 0.1) is 6.92 Å². The topological polar surface area (TPSA) is 41.6 Å². The quantitative estimate of drug-likeness (QED) is 0.915. The Hall–Kier alpha value is -2.49. The highest BCUT2D eigenvalue weighted by Crippen LogP contribution is 2.40. The summed E-state index contributed by atoms with van der Waals surface area (Å²) < 4.78 is 5.39. The zero-order valence-corrected chi connectivity index (χ0v) is 14.7. The van der Waals surface area contributed by atoms with Crippen LogP contribution in [0.5, 0.6) is 5.75 Å². The van der Waals surface area contributed by atoms with Crippen molar-refractivity contribution in [1.29, 1.82) is 0 Å².